The van der Waals surface area contributed by atoms with Crippen LogP contribution in [0.4, 0.5) is 5.69 Å². The molecule has 6 rings (SSSR count). The van der Waals surface area contributed by atoms with Crippen molar-refractivity contribution < 1.29 is 28.7 Å². The lowest BCUT2D eigenvalue weighted by atomic mass is 9.81. The molecule has 1 saturated heterocycles. The molecule has 3 aromatic rings. The van der Waals surface area contributed by atoms with Gasteiger partial charge in [-0.1, -0.05) is 42.5 Å². The summed E-state index contributed by atoms with van der Waals surface area (Å²) in [5, 5.41) is 0. The lowest BCUT2D eigenvalue weighted by molar-refractivity contribution is -0.123. The van der Waals surface area contributed by atoms with Crippen LogP contribution in [0.2, 0.25) is 0 Å². The van der Waals surface area contributed by atoms with Crippen LogP contribution in [-0.2, 0) is 14.3 Å². The van der Waals surface area contributed by atoms with E-state index in [1.165, 1.54) is 18.1 Å². The van der Waals surface area contributed by atoms with Crippen molar-refractivity contribution in [2.75, 3.05) is 12.0 Å². The number of ether oxygens (including phenoxy) is 2. The molecule has 0 radical (unpaired) electrons. The maximum atomic E-state index is 13.6. The number of fused-ring (bicyclic) bond motifs is 5. The van der Waals surface area contributed by atoms with Crippen LogP contribution < -0.4 is 9.64 Å². The first kappa shape index (κ1) is 24.1. The third-order valence-corrected chi connectivity index (χ3v) is 8.23. The van der Waals surface area contributed by atoms with Gasteiger partial charge in [-0.3, -0.25) is 14.4 Å². The maximum Gasteiger partial charge on any atom is 0.341 e. The van der Waals surface area contributed by atoms with E-state index in [1.54, 1.807) is 66.7 Å². The summed E-state index contributed by atoms with van der Waals surface area (Å²) in [5.74, 6) is -1.20. The van der Waals surface area contributed by atoms with Crippen LogP contribution in [0.15, 0.2) is 78.9 Å². The van der Waals surface area contributed by atoms with E-state index >= 15 is 0 Å². The van der Waals surface area contributed by atoms with Gasteiger partial charge in [-0.25, -0.2) is 9.69 Å². The number of benzene rings is 3. The molecule has 3 aromatic carbocycles. The zero-order valence-electron chi connectivity index (χ0n) is 20.9. The number of amides is 2. The van der Waals surface area contributed by atoms with E-state index in [2.05, 4.69) is 0 Å². The molecule has 2 saturated carbocycles. The molecular formula is C31H27NO6. The molecule has 3 fully saturated rings. The van der Waals surface area contributed by atoms with Gasteiger partial charge in [-0.15, -0.1) is 0 Å². The lowest BCUT2D eigenvalue weighted by Gasteiger charge is -2.22. The van der Waals surface area contributed by atoms with Crippen LogP contribution in [0.3, 0.4) is 0 Å². The number of ketones is 1. The van der Waals surface area contributed by atoms with E-state index in [4.69, 9.17) is 9.47 Å². The number of imide groups is 1. The summed E-state index contributed by atoms with van der Waals surface area (Å²) in [7, 11) is 1.54. The maximum absolute atomic E-state index is 13.6. The molecule has 2 bridgehead atoms. The summed E-state index contributed by atoms with van der Waals surface area (Å²) in [4.78, 5) is 55.2. The number of methoxy groups -OCH3 is 1. The van der Waals surface area contributed by atoms with Crippen LogP contribution in [0.5, 0.6) is 5.75 Å². The fourth-order valence-electron chi connectivity index (χ4n) is 6.47. The van der Waals surface area contributed by atoms with E-state index < -0.39 is 17.9 Å². The first-order valence-corrected chi connectivity index (χ1v) is 12.9. The van der Waals surface area contributed by atoms with Gasteiger partial charge in [0.2, 0.25) is 17.6 Å². The number of para-hydroxylation sites is 1. The second kappa shape index (κ2) is 9.56. The summed E-state index contributed by atoms with van der Waals surface area (Å²) in [6, 6.07) is 21.8. The predicted molar refractivity (Wildman–Crippen MR) is 139 cm³/mol. The highest BCUT2D eigenvalue weighted by molar-refractivity contribution is 6.24. The summed E-state index contributed by atoms with van der Waals surface area (Å²) in [6.45, 7) is 0. The minimum Gasteiger partial charge on any atom is -0.497 e. The number of hydrogen-bond acceptors (Lipinski definition) is 6. The van der Waals surface area contributed by atoms with Crippen molar-refractivity contribution in [1.82, 2.24) is 0 Å². The fraction of sp³-hybridized carbons (Fsp3) is 0.290. The number of carbonyl (C=O) groups is 4. The van der Waals surface area contributed by atoms with Crippen LogP contribution in [0.25, 0.3) is 0 Å². The Balaban J connectivity index is 1.32. The highest BCUT2D eigenvalue weighted by Gasteiger charge is 2.61. The van der Waals surface area contributed by atoms with Gasteiger partial charge in [0, 0.05) is 11.1 Å². The monoisotopic (exact) mass is 509 g/mol. The SMILES string of the molecule is COc1ccc(C(=O)C(OC(=O)c2ccccc2N2C(=O)C3C4CCC(C4)C3C2=O)c2ccccc2)cc1. The van der Waals surface area contributed by atoms with Crippen molar-refractivity contribution in [2.45, 2.75) is 25.4 Å². The van der Waals surface area contributed by atoms with Crippen LogP contribution in [0, 0.1) is 23.7 Å². The topological polar surface area (TPSA) is 90.0 Å². The van der Waals surface area contributed by atoms with Crippen molar-refractivity contribution >= 4 is 29.3 Å². The quantitative estimate of drug-likeness (QED) is 0.253. The molecule has 192 valence electrons. The fourth-order valence-corrected chi connectivity index (χ4v) is 6.47. The molecule has 38 heavy (non-hydrogen) atoms. The van der Waals surface area contributed by atoms with Gasteiger partial charge in [0.1, 0.15) is 5.75 Å². The predicted octanol–water partition coefficient (Wildman–Crippen LogP) is 5.01. The van der Waals surface area contributed by atoms with Gasteiger partial charge in [0.05, 0.1) is 30.2 Å². The molecule has 2 aliphatic carbocycles. The molecule has 5 unspecified atom stereocenters. The molecule has 7 heteroatoms. The van der Waals surface area contributed by atoms with Gasteiger partial charge in [-0.05, 0) is 67.5 Å². The molecule has 0 aromatic heterocycles. The zero-order chi connectivity index (χ0) is 26.4. The van der Waals surface area contributed by atoms with Crippen LogP contribution in [-0.4, -0.2) is 30.7 Å². The Kier molecular flexibility index (Phi) is 6.06. The van der Waals surface area contributed by atoms with E-state index in [0.717, 1.165) is 19.3 Å². The minimum atomic E-state index is -1.22. The van der Waals surface area contributed by atoms with Crippen molar-refractivity contribution in [3.05, 3.63) is 95.6 Å². The Labute approximate surface area is 220 Å². The van der Waals surface area contributed by atoms with Crippen LogP contribution >= 0.6 is 0 Å². The molecule has 0 N–H and O–H groups in total. The van der Waals surface area contributed by atoms with Crippen LogP contribution in [0.1, 0.15) is 51.6 Å². The molecule has 1 heterocycles. The normalized spacial score (nSPS) is 24.3. The van der Waals surface area contributed by atoms with Crippen molar-refractivity contribution in [2.24, 2.45) is 23.7 Å². The lowest BCUT2D eigenvalue weighted by Crippen LogP contribution is -2.34. The molecule has 0 spiro atoms. The van der Waals surface area contributed by atoms with Crippen molar-refractivity contribution in [1.29, 1.82) is 0 Å². The Morgan fingerprint density at radius 1 is 0.816 bits per heavy atom. The summed E-state index contributed by atoms with van der Waals surface area (Å²) in [6.07, 6.45) is 1.64. The number of nitrogens with zero attached hydrogens (tertiary/aromatic N) is 1. The first-order valence-electron chi connectivity index (χ1n) is 12.9. The summed E-state index contributed by atoms with van der Waals surface area (Å²) in [5.41, 5.74) is 1.16. The summed E-state index contributed by atoms with van der Waals surface area (Å²) >= 11 is 0. The minimum absolute atomic E-state index is 0.0741. The molecule has 1 aliphatic heterocycles. The smallest absolute Gasteiger partial charge is 0.341 e. The summed E-state index contributed by atoms with van der Waals surface area (Å²) < 4.78 is 11.0. The zero-order valence-corrected chi connectivity index (χ0v) is 20.9. The van der Waals surface area contributed by atoms with Gasteiger partial charge < -0.3 is 9.47 Å². The highest BCUT2D eigenvalue weighted by Crippen LogP contribution is 2.56. The average Bonchev–Trinajstić information content (AvgIpc) is 3.65. The molecular weight excluding hydrogens is 482 g/mol. The standard InChI is InChI=1S/C31H27NO6/c1-37-22-15-13-18(14-16-22)27(33)28(19-7-3-2-4-8-19)38-31(36)23-9-5-6-10-24(23)32-29(34)25-20-11-12-21(17-20)26(25)30(32)35/h2-10,13-16,20-21,25-26,28H,11-12,17H2,1H3. The molecule has 7 nitrogen and oxygen atoms in total. The molecule has 2 amide bonds. The van der Waals surface area contributed by atoms with E-state index in [0.29, 0.717) is 16.9 Å². The first-order chi connectivity index (χ1) is 18.5. The van der Waals surface area contributed by atoms with Gasteiger partial charge in [-0.2, -0.15) is 0 Å². The van der Waals surface area contributed by atoms with E-state index in [9.17, 15) is 19.2 Å². The second-order valence-corrected chi connectivity index (χ2v) is 10.2. The number of esters is 1. The van der Waals surface area contributed by atoms with E-state index in [1.807, 2.05) is 6.07 Å². The van der Waals surface area contributed by atoms with Gasteiger partial charge in [0.25, 0.3) is 0 Å². The van der Waals surface area contributed by atoms with Crippen molar-refractivity contribution in [3.8, 4) is 5.75 Å². The van der Waals surface area contributed by atoms with E-state index in [-0.39, 0.29) is 46.7 Å². The number of Topliss-reactive ketones (excluding diaryl/α,β-unsaturated/α-hetero) is 1. The Bertz CT molecular complexity index is 1390. The highest BCUT2D eigenvalue weighted by atomic mass is 16.5. The number of anilines is 1. The molecule has 5 atom stereocenters. The number of hydrogen-bond donors (Lipinski definition) is 0. The molecule has 3 aliphatic rings. The third-order valence-electron chi connectivity index (χ3n) is 8.23. The van der Waals surface area contributed by atoms with Gasteiger partial charge >= 0.3 is 5.97 Å². The third kappa shape index (κ3) is 3.90. The van der Waals surface area contributed by atoms with Gasteiger partial charge in [0.15, 0.2) is 6.10 Å². The average molecular weight is 510 g/mol. The largest absolute Gasteiger partial charge is 0.497 e. The second-order valence-electron chi connectivity index (χ2n) is 10.2. The number of carbonyl (C=O) groups excluding carboxylic acids is 4. The Morgan fingerprint density at radius 2 is 1.42 bits per heavy atom. The number of rotatable bonds is 7. The Morgan fingerprint density at radius 3 is 2.05 bits per heavy atom. The Hall–Kier alpha value is -4.26. The van der Waals surface area contributed by atoms with Crippen molar-refractivity contribution in [3.63, 3.8) is 0 Å².